The molecule has 0 heterocycles. The van der Waals surface area contributed by atoms with Gasteiger partial charge in [-0.1, -0.05) is 80.4 Å². The van der Waals surface area contributed by atoms with Crippen molar-refractivity contribution in [2.24, 2.45) is 28.7 Å². The number of nitrogens with one attached hydrogen (secondary N) is 1. The van der Waals surface area contributed by atoms with Crippen LogP contribution in [0.1, 0.15) is 103 Å². The molecule has 4 rings (SSSR count). The Labute approximate surface area is 372 Å². The Balaban J connectivity index is 0.00000541. The van der Waals surface area contributed by atoms with E-state index >= 15 is 0 Å². The molecule has 12 nitrogen and oxygen atoms in total. The molecule has 0 bridgehead atoms. The Bertz CT molecular complexity index is 2050. The first-order valence-electron chi connectivity index (χ1n) is 18.5. The van der Waals surface area contributed by atoms with Gasteiger partial charge < -0.3 is 41.1 Å². The summed E-state index contributed by atoms with van der Waals surface area (Å²) in [5.74, 6) is -7.26. The summed E-state index contributed by atoms with van der Waals surface area (Å²) in [6.07, 6.45) is 3.63. The van der Waals surface area contributed by atoms with Crippen LogP contribution in [0.4, 0.5) is 0 Å². The minimum absolute atomic E-state index is 0. The molecule has 56 heavy (non-hydrogen) atoms. The van der Waals surface area contributed by atoms with Crippen LogP contribution in [-0.2, 0) is 14.4 Å². The van der Waals surface area contributed by atoms with Crippen LogP contribution < -0.4 is 64.4 Å². The fourth-order valence-corrected chi connectivity index (χ4v) is 7.71. The number of benzene rings is 2. The number of carbonyl (C=O) groups excluding carboxylic acids is 1. The summed E-state index contributed by atoms with van der Waals surface area (Å²) in [6, 6.07) is -0.543. The van der Waals surface area contributed by atoms with Crippen molar-refractivity contribution in [2.45, 2.75) is 106 Å². The number of aliphatic imine (C=N–C) groups is 1. The van der Waals surface area contributed by atoms with E-state index in [-0.39, 0.29) is 116 Å². The molecule has 8 N–H and O–H groups in total. The van der Waals surface area contributed by atoms with Crippen LogP contribution in [-0.4, -0.2) is 77.9 Å². The first-order chi connectivity index (χ1) is 25.2. The molecule has 2 unspecified atom stereocenters. The smallest absolute Gasteiger partial charge is 0.511 e. The van der Waals surface area contributed by atoms with Gasteiger partial charge in [-0.25, -0.2) is 9.59 Å². The minimum Gasteiger partial charge on any atom is -0.511 e. The number of nitrogens with zero attached hydrogens (tertiary/aromatic N) is 1. The van der Waals surface area contributed by atoms with Crippen LogP contribution >= 0.6 is 0 Å². The first-order valence-corrected chi connectivity index (χ1v) is 18.5. The third-order valence-corrected chi connectivity index (χ3v) is 11.0. The second-order valence-electron chi connectivity index (χ2n) is 15.3. The molecule has 0 amide bonds. The summed E-state index contributed by atoms with van der Waals surface area (Å²) in [7, 11) is 0. The number of fused-ring (bicyclic) bond motifs is 2. The standard InChI is InChI=1S/C42H54N2O10.2Na/c1-11-19(7)33(41(51)52)43-15-25-31-23(27(17(3)4)39(49)35(25)45)13-21(9)29(37(31)47)30-22(10)14-24-28(18(5)6)40(50)36(46)26(32(24)38(30)48)16-44-34(42(53)54)20(8)12-2;;/h13-20,31,33-34,39,43,46-50H,11-12H2,1-10H3,(H,51,52)(H,53,54);;/q;2*+1/b25-15-,44-16?;;/t19-,20+,31?,33-,34+,39?;;/m1../s1. The van der Waals surface area contributed by atoms with E-state index in [4.69, 9.17) is 0 Å². The number of aliphatic hydroxyl groups excluding tert-OH is 2. The molecule has 2 aromatic rings. The van der Waals surface area contributed by atoms with Crippen molar-refractivity contribution < 1.29 is 109 Å². The van der Waals surface area contributed by atoms with E-state index in [0.717, 1.165) is 6.21 Å². The van der Waals surface area contributed by atoms with Gasteiger partial charge in [0.25, 0.3) is 0 Å². The van der Waals surface area contributed by atoms with Crippen LogP contribution in [0.2, 0.25) is 0 Å². The molecule has 0 spiro atoms. The van der Waals surface area contributed by atoms with E-state index in [0.29, 0.717) is 46.1 Å². The van der Waals surface area contributed by atoms with Crippen LogP contribution in [0.3, 0.4) is 0 Å². The van der Waals surface area contributed by atoms with Crippen LogP contribution in [0.25, 0.3) is 16.3 Å². The number of hydrogen-bond acceptors (Lipinski definition) is 10. The van der Waals surface area contributed by atoms with Gasteiger partial charge in [-0.15, -0.1) is 0 Å². The van der Waals surface area contributed by atoms with E-state index in [1.807, 2.05) is 27.7 Å². The summed E-state index contributed by atoms with van der Waals surface area (Å²) in [5.41, 5.74) is 2.30. The molecule has 0 saturated carbocycles. The van der Waals surface area contributed by atoms with Crippen LogP contribution in [0.15, 0.2) is 51.4 Å². The summed E-state index contributed by atoms with van der Waals surface area (Å²) in [4.78, 5) is 42.5. The average Bonchev–Trinajstić information content (AvgIpc) is 3.08. The maximum atomic E-state index is 13.9. The van der Waals surface area contributed by atoms with Gasteiger partial charge >= 0.3 is 71.1 Å². The van der Waals surface area contributed by atoms with Crippen LogP contribution in [0, 0.1) is 30.6 Å². The molecule has 2 aliphatic rings. The van der Waals surface area contributed by atoms with Crippen molar-refractivity contribution in [3.63, 3.8) is 0 Å². The van der Waals surface area contributed by atoms with Crippen molar-refractivity contribution in [2.75, 3.05) is 0 Å². The van der Waals surface area contributed by atoms with Crippen molar-refractivity contribution in [3.8, 4) is 17.2 Å². The number of rotatable bonds is 13. The number of aryl methyl sites for hydroxylation is 1. The van der Waals surface area contributed by atoms with E-state index in [1.165, 1.54) is 6.20 Å². The number of aliphatic hydroxyl groups is 2. The van der Waals surface area contributed by atoms with Crippen molar-refractivity contribution >= 4 is 40.3 Å². The molecule has 0 saturated heterocycles. The molecule has 0 fully saturated rings. The predicted octanol–water partition coefficient (Wildman–Crippen LogP) is 1.03. The number of phenols is 3. The third-order valence-electron chi connectivity index (χ3n) is 11.0. The molecule has 2 aliphatic carbocycles. The molecule has 6 atom stereocenters. The van der Waals surface area contributed by atoms with Crippen molar-refractivity contribution in [1.29, 1.82) is 0 Å². The summed E-state index contributed by atoms with van der Waals surface area (Å²) < 4.78 is 0. The van der Waals surface area contributed by atoms with Crippen molar-refractivity contribution in [3.05, 3.63) is 68.6 Å². The monoisotopic (exact) mass is 792 g/mol. The van der Waals surface area contributed by atoms with Gasteiger partial charge in [-0.2, -0.15) is 0 Å². The third kappa shape index (κ3) is 8.97. The maximum absolute atomic E-state index is 13.9. The maximum Gasteiger partial charge on any atom is 1.00 e. The van der Waals surface area contributed by atoms with Gasteiger partial charge in [0, 0.05) is 45.6 Å². The number of phenolic OH excluding ortho intramolecular Hbond substituents is 3. The van der Waals surface area contributed by atoms with E-state index in [2.05, 4.69) is 10.3 Å². The van der Waals surface area contributed by atoms with Crippen molar-refractivity contribution in [1.82, 2.24) is 5.32 Å². The molecular formula is C42H54N2Na2O10+2. The predicted molar refractivity (Wildman–Crippen MR) is 208 cm³/mol. The summed E-state index contributed by atoms with van der Waals surface area (Å²) in [5, 5.41) is 81.7. The normalized spacial score (nSPS) is 20.1. The molecule has 0 radical (unpaired) electrons. The Morgan fingerprint density at radius 3 is 1.96 bits per heavy atom. The van der Waals surface area contributed by atoms with Gasteiger partial charge in [0.1, 0.15) is 29.7 Å². The Kier molecular flexibility index (Phi) is 17.1. The zero-order chi connectivity index (χ0) is 40.7. The van der Waals surface area contributed by atoms with E-state index < -0.39 is 59.1 Å². The molecule has 292 valence electrons. The fourth-order valence-electron chi connectivity index (χ4n) is 7.71. The van der Waals surface area contributed by atoms with E-state index in [9.17, 15) is 50.1 Å². The fraction of sp³-hybridized carbons (Fsp3) is 0.476. The zero-order valence-corrected chi connectivity index (χ0v) is 38.6. The first kappa shape index (κ1) is 49.0. The largest absolute Gasteiger partial charge is 1.00 e. The number of aromatic hydroxyl groups is 3. The van der Waals surface area contributed by atoms with E-state index in [1.54, 1.807) is 53.7 Å². The summed E-state index contributed by atoms with van der Waals surface area (Å²) in [6.45, 7) is 17.8. The number of Topliss-reactive ketones (excluding diaryl/α,β-unsaturated/α-hetero) is 1. The number of carbonyl (C=O) groups is 3. The minimum atomic E-state index is -1.54. The van der Waals surface area contributed by atoms with Gasteiger partial charge in [-0.3, -0.25) is 9.79 Å². The average molecular weight is 793 g/mol. The zero-order valence-electron chi connectivity index (χ0n) is 34.6. The number of aliphatic carboxylic acids is 2. The molecule has 2 aromatic carbocycles. The summed E-state index contributed by atoms with van der Waals surface area (Å²) >= 11 is 0. The van der Waals surface area contributed by atoms with Gasteiger partial charge in [-0.05, 0) is 65.2 Å². The van der Waals surface area contributed by atoms with Gasteiger partial charge in [0.05, 0.1) is 5.92 Å². The van der Waals surface area contributed by atoms with Gasteiger partial charge in [0.15, 0.2) is 17.3 Å². The Hall–Kier alpha value is -3.10. The number of hydrogen-bond donors (Lipinski definition) is 8. The van der Waals surface area contributed by atoms with Gasteiger partial charge in [0.2, 0.25) is 0 Å². The number of carboxylic acid groups (broad SMARTS) is 2. The SMILES string of the molecule is CC[C@@H](C)[C@@H](N/C=C1\C(=O)C(O)C(C(C)C)=C2C=C(C)C(c3c(C)cc4c(C(C)C)c(O)c(O)c(C=N[C@H](C(=O)O)[C@@H](C)CC)c4c3O)=C(O)C21)C(=O)O.[Na+].[Na+]. The molecule has 0 aliphatic heterocycles. The number of carboxylic acids is 2. The quantitative estimate of drug-likeness (QED) is 0.0621. The Morgan fingerprint density at radius 2 is 1.46 bits per heavy atom. The second kappa shape index (κ2) is 19.6. The molecular weight excluding hydrogens is 738 g/mol. The topological polar surface area (TPSA) is 217 Å². The Morgan fingerprint density at radius 1 is 0.875 bits per heavy atom. The van der Waals surface area contributed by atoms with Crippen LogP contribution in [0.5, 0.6) is 17.2 Å². The number of allylic oxidation sites excluding steroid dienone is 4. The number of ketones is 1. The second-order valence-corrected chi connectivity index (χ2v) is 15.3. The molecule has 14 heteroatoms. The molecule has 0 aromatic heterocycles.